The van der Waals surface area contributed by atoms with E-state index in [1.54, 1.807) is 47.4 Å². The molecule has 0 spiro atoms. The molecule has 0 aromatic heterocycles. The summed E-state index contributed by atoms with van der Waals surface area (Å²) in [6, 6.07) is 22.3. The molecule has 1 saturated heterocycles. The molecule has 1 heterocycles. The molecular weight excluding hydrogens is 485 g/mol. The zero-order valence-corrected chi connectivity index (χ0v) is 20.8. The molecule has 0 aliphatic carbocycles. The average Bonchev–Trinajstić information content (AvgIpc) is 2.88. The van der Waals surface area contributed by atoms with Crippen molar-refractivity contribution < 1.29 is 19.1 Å². The van der Waals surface area contributed by atoms with Crippen LogP contribution in [-0.2, 0) is 22.6 Å². The maximum Gasteiger partial charge on any atom is 0.342 e. The second-order valence-corrected chi connectivity index (χ2v) is 9.45. The first-order chi connectivity index (χ1) is 17.0. The Balaban J connectivity index is 1.26. The fraction of sp³-hybridized carbons (Fsp3) is 0.286. The molecule has 0 N–H and O–H groups in total. The Hall–Kier alpha value is -3.02. The highest BCUT2D eigenvalue weighted by atomic mass is 35.5. The first-order valence-corrected chi connectivity index (χ1v) is 12.4. The summed E-state index contributed by atoms with van der Waals surface area (Å²) in [6.45, 7) is 1.22. The predicted molar refractivity (Wildman–Crippen MR) is 137 cm³/mol. The molecule has 0 atom stereocenters. The molecule has 0 unspecified atom stereocenters. The number of amides is 1. The standard InChI is InChI=1S/C28H27Cl2NO4/c29-23-11-10-22(25(30)17-23)18-34-26-9-5-4-8-24(26)28(33)35-19-27(32)31-14-12-21(13-15-31)16-20-6-2-1-3-7-20/h1-11,17,21H,12-16,18-19H2. The number of hydrogen-bond acceptors (Lipinski definition) is 4. The van der Waals surface area contributed by atoms with Crippen LogP contribution in [-0.4, -0.2) is 36.5 Å². The third-order valence-corrected chi connectivity index (χ3v) is 6.75. The van der Waals surface area contributed by atoms with Crippen LogP contribution in [0.5, 0.6) is 5.75 Å². The lowest BCUT2D eigenvalue weighted by Gasteiger charge is -2.32. The van der Waals surface area contributed by atoms with Gasteiger partial charge >= 0.3 is 5.97 Å². The van der Waals surface area contributed by atoms with Crippen LogP contribution in [0, 0.1) is 5.92 Å². The highest BCUT2D eigenvalue weighted by molar-refractivity contribution is 6.35. The van der Waals surface area contributed by atoms with E-state index >= 15 is 0 Å². The SMILES string of the molecule is O=C(OCC(=O)N1CCC(Cc2ccccc2)CC1)c1ccccc1OCc1ccc(Cl)cc1Cl. The van der Waals surface area contributed by atoms with Gasteiger partial charge in [-0.1, -0.05) is 71.7 Å². The van der Waals surface area contributed by atoms with E-state index in [0.717, 1.165) is 24.8 Å². The Kier molecular flexibility index (Phi) is 8.67. The van der Waals surface area contributed by atoms with Crippen molar-refractivity contribution in [2.24, 2.45) is 5.92 Å². The summed E-state index contributed by atoms with van der Waals surface area (Å²) in [5.41, 5.74) is 2.32. The number of carbonyl (C=O) groups is 2. The molecule has 1 aliphatic rings. The van der Waals surface area contributed by atoms with E-state index in [0.29, 0.717) is 34.8 Å². The van der Waals surface area contributed by atoms with Gasteiger partial charge in [-0.3, -0.25) is 4.79 Å². The zero-order chi connectivity index (χ0) is 24.6. The molecule has 1 amide bonds. The van der Waals surface area contributed by atoms with Crippen LogP contribution in [0.1, 0.15) is 34.3 Å². The monoisotopic (exact) mass is 511 g/mol. The Morgan fingerprint density at radius 2 is 1.63 bits per heavy atom. The minimum atomic E-state index is -0.602. The van der Waals surface area contributed by atoms with Gasteiger partial charge in [0, 0.05) is 28.7 Å². The summed E-state index contributed by atoms with van der Waals surface area (Å²) in [5.74, 6) is 0.137. The van der Waals surface area contributed by atoms with Crippen molar-refractivity contribution in [1.82, 2.24) is 4.90 Å². The van der Waals surface area contributed by atoms with Crippen LogP contribution in [0.4, 0.5) is 0 Å². The fourth-order valence-corrected chi connectivity index (χ4v) is 4.65. The Bertz CT molecular complexity index is 1160. The number of hydrogen-bond donors (Lipinski definition) is 0. The number of nitrogens with zero attached hydrogens (tertiary/aromatic N) is 1. The van der Waals surface area contributed by atoms with Gasteiger partial charge in [-0.15, -0.1) is 0 Å². The maximum absolute atomic E-state index is 12.7. The van der Waals surface area contributed by atoms with Crippen LogP contribution >= 0.6 is 23.2 Å². The fourth-order valence-electron chi connectivity index (χ4n) is 4.19. The molecule has 4 rings (SSSR count). The molecule has 0 radical (unpaired) electrons. The highest BCUT2D eigenvalue weighted by Crippen LogP contribution is 2.25. The Morgan fingerprint density at radius 3 is 2.37 bits per heavy atom. The molecule has 0 saturated carbocycles. The van der Waals surface area contributed by atoms with Crippen LogP contribution in [0.15, 0.2) is 72.8 Å². The quantitative estimate of drug-likeness (QED) is 0.337. The molecule has 5 nitrogen and oxygen atoms in total. The molecule has 0 bridgehead atoms. The number of halogens is 2. The van der Waals surface area contributed by atoms with Crippen LogP contribution < -0.4 is 4.74 Å². The van der Waals surface area contributed by atoms with Crippen LogP contribution in [0.3, 0.4) is 0 Å². The highest BCUT2D eigenvalue weighted by Gasteiger charge is 2.24. The molecule has 182 valence electrons. The third kappa shape index (κ3) is 7.00. The number of esters is 1. The molecule has 1 fully saturated rings. The summed E-state index contributed by atoms with van der Waals surface area (Å²) in [7, 11) is 0. The van der Waals surface area contributed by atoms with Crippen molar-refractivity contribution in [3.8, 4) is 5.75 Å². The van der Waals surface area contributed by atoms with Gasteiger partial charge in [0.2, 0.25) is 0 Å². The average molecular weight is 512 g/mol. The van der Waals surface area contributed by atoms with Crippen molar-refractivity contribution in [2.75, 3.05) is 19.7 Å². The summed E-state index contributed by atoms with van der Waals surface area (Å²) in [4.78, 5) is 27.1. The minimum absolute atomic E-state index is 0.164. The molecule has 7 heteroatoms. The first kappa shape index (κ1) is 25.1. The van der Waals surface area contributed by atoms with Gasteiger partial charge in [-0.2, -0.15) is 0 Å². The van der Waals surface area contributed by atoms with E-state index < -0.39 is 5.97 Å². The van der Waals surface area contributed by atoms with E-state index in [2.05, 4.69) is 24.3 Å². The van der Waals surface area contributed by atoms with E-state index in [4.69, 9.17) is 32.7 Å². The van der Waals surface area contributed by atoms with E-state index in [1.165, 1.54) is 5.56 Å². The van der Waals surface area contributed by atoms with Crippen molar-refractivity contribution in [3.05, 3.63) is 99.5 Å². The summed E-state index contributed by atoms with van der Waals surface area (Å²) < 4.78 is 11.2. The van der Waals surface area contributed by atoms with Crippen molar-refractivity contribution >= 4 is 35.1 Å². The van der Waals surface area contributed by atoms with Gasteiger partial charge in [0.05, 0.1) is 0 Å². The second kappa shape index (κ2) is 12.1. The van der Waals surface area contributed by atoms with Crippen LogP contribution in [0.25, 0.3) is 0 Å². The van der Waals surface area contributed by atoms with Gasteiger partial charge in [-0.25, -0.2) is 4.79 Å². The number of benzene rings is 3. The number of likely N-dealkylation sites (tertiary alicyclic amines) is 1. The van der Waals surface area contributed by atoms with E-state index in [1.807, 2.05) is 6.07 Å². The van der Waals surface area contributed by atoms with Crippen LogP contribution in [0.2, 0.25) is 10.0 Å². The minimum Gasteiger partial charge on any atom is -0.488 e. The lowest BCUT2D eigenvalue weighted by molar-refractivity contribution is -0.135. The van der Waals surface area contributed by atoms with Gasteiger partial charge in [0.25, 0.3) is 5.91 Å². The van der Waals surface area contributed by atoms with E-state index in [9.17, 15) is 9.59 Å². The number of ether oxygens (including phenoxy) is 2. The topological polar surface area (TPSA) is 55.8 Å². The third-order valence-electron chi connectivity index (χ3n) is 6.17. The lowest BCUT2D eigenvalue weighted by atomic mass is 9.90. The van der Waals surface area contributed by atoms with Gasteiger partial charge in [-0.05, 0) is 55.0 Å². The zero-order valence-electron chi connectivity index (χ0n) is 19.3. The van der Waals surface area contributed by atoms with Crippen molar-refractivity contribution in [2.45, 2.75) is 25.9 Å². The molecule has 3 aromatic carbocycles. The lowest BCUT2D eigenvalue weighted by Crippen LogP contribution is -2.41. The molecule has 3 aromatic rings. The Labute approximate surface area is 215 Å². The number of rotatable bonds is 8. The summed E-state index contributed by atoms with van der Waals surface area (Å²) in [6.07, 6.45) is 2.91. The van der Waals surface area contributed by atoms with E-state index in [-0.39, 0.29) is 24.7 Å². The molecular formula is C28H27Cl2NO4. The van der Waals surface area contributed by atoms with Gasteiger partial charge in [0.1, 0.15) is 17.9 Å². The number of piperidine rings is 1. The van der Waals surface area contributed by atoms with Gasteiger partial charge in [0.15, 0.2) is 6.61 Å². The first-order valence-electron chi connectivity index (χ1n) is 11.6. The smallest absolute Gasteiger partial charge is 0.342 e. The van der Waals surface area contributed by atoms with Gasteiger partial charge < -0.3 is 14.4 Å². The second-order valence-electron chi connectivity index (χ2n) is 8.61. The van der Waals surface area contributed by atoms with Crippen molar-refractivity contribution in [3.63, 3.8) is 0 Å². The molecule has 35 heavy (non-hydrogen) atoms. The summed E-state index contributed by atoms with van der Waals surface area (Å²) in [5, 5.41) is 1.02. The normalized spacial score (nSPS) is 13.9. The number of carbonyl (C=O) groups excluding carboxylic acids is 2. The largest absolute Gasteiger partial charge is 0.488 e. The summed E-state index contributed by atoms with van der Waals surface area (Å²) >= 11 is 12.1. The molecule has 1 aliphatic heterocycles. The maximum atomic E-state index is 12.7. The predicted octanol–water partition coefficient (Wildman–Crippen LogP) is 6.21. The number of para-hydroxylation sites is 1. The van der Waals surface area contributed by atoms with Crippen molar-refractivity contribution in [1.29, 1.82) is 0 Å². The Morgan fingerprint density at radius 1 is 0.914 bits per heavy atom.